The van der Waals surface area contributed by atoms with Gasteiger partial charge >= 0.3 is 0 Å². The highest BCUT2D eigenvalue weighted by Gasteiger charge is 2.19. The van der Waals surface area contributed by atoms with E-state index in [9.17, 15) is 9.18 Å². The fourth-order valence-corrected chi connectivity index (χ4v) is 4.11. The Labute approximate surface area is 143 Å². The monoisotopic (exact) mass is 346 g/mol. The van der Waals surface area contributed by atoms with Gasteiger partial charge in [-0.15, -0.1) is 11.3 Å². The fourth-order valence-electron chi connectivity index (χ4n) is 3.03. The van der Waals surface area contributed by atoms with Gasteiger partial charge < -0.3 is 4.74 Å². The number of fused-ring (bicyclic) bond motifs is 1. The molecule has 1 aromatic carbocycles. The van der Waals surface area contributed by atoms with Gasteiger partial charge in [-0.25, -0.2) is 9.37 Å². The lowest BCUT2D eigenvalue weighted by Gasteiger charge is -2.10. The van der Waals surface area contributed by atoms with E-state index in [2.05, 4.69) is 4.98 Å². The number of hydrogen-bond donors (Lipinski definition) is 0. The summed E-state index contributed by atoms with van der Waals surface area (Å²) >= 11 is 1.50. The molecule has 0 aliphatic rings. The summed E-state index contributed by atoms with van der Waals surface area (Å²) in [6, 6.07) is 5.85. The molecule has 2 aromatic heterocycles. The first-order valence-electron chi connectivity index (χ1n) is 7.69. The number of aryl methyl sites for hydroxylation is 3. The fraction of sp³-hybridized carbons (Fsp3) is 0.333. The molecular formula is C18H19FN2O2S. The molecule has 2 heterocycles. The summed E-state index contributed by atoms with van der Waals surface area (Å²) in [5.74, 6) is 1.35. The van der Waals surface area contributed by atoms with Crippen LogP contribution in [-0.4, -0.2) is 23.3 Å². The molecule has 0 saturated carbocycles. The third-order valence-corrected chi connectivity index (χ3v) is 5.17. The van der Waals surface area contributed by atoms with Crippen LogP contribution in [0.25, 0.3) is 21.3 Å². The number of methoxy groups -OCH3 is 1. The maximum atomic E-state index is 12.9. The van der Waals surface area contributed by atoms with Gasteiger partial charge in [0, 0.05) is 10.4 Å². The van der Waals surface area contributed by atoms with Crippen LogP contribution >= 0.6 is 11.3 Å². The molecule has 0 amide bonds. The summed E-state index contributed by atoms with van der Waals surface area (Å²) in [7, 11) is 1.63. The van der Waals surface area contributed by atoms with Crippen LogP contribution in [0.15, 0.2) is 23.0 Å². The van der Waals surface area contributed by atoms with Gasteiger partial charge in [-0.3, -0.25) is 9.36 Å². The number of alkyl halides is 1. The van der Waals surface area contributed by atoms with Crippen molar-refractivity contribution in [3.8, 4) is 16.9 Å². The Hall–Kier alpha value is -2.21. The van der Waals surface area contributed by atoms with Crippen LogP contribution in [-0.2, 0) is 6.54 Å². The highest BCUT2D eigenvalue weighted by atomic mass is 32.1. The number of ether oxygens (including phenoxy) is 1. The highest BCUT2D eigenvalue weighted by Crippen LogP contribution is 2.37. The number of aromatic nitrogens is 2. The Morgan fingerprint density at radius 3 is 2.67 bits per heavy atom. The molecule has 0 saturated heterocycles. The summed E-state index contributed by atoms with van der Waals surface area (Å²) in [5, 5.41) is 0.570. The number of benzene rings is 1. The predicted octanol–water partition coefficient (Wildman–Crippen LogP) is 4.03. The maximum Gasteiger partial charge on any atom is 0.262 e. The van der Waals surface area contributed by atoms with Crippen molar-refractivity contribution in [2.45, 2.75) is 27.3 Å². The number of nitrogens with zero attached hydrogens (tertiary/aromatic N) is 2. The number of thiophene rings is 1. The summed E-state index contributed by atoms with van der Waals surface area (Å²) < 4.78 is 19.5. The van der Waals surface area contributed by atoms with Crippen LogP contribution in [0, 0.1) is 20.8 Å². The van der Waals surface area contributed by atoms with E-state index in [1.165, 1.54) is 15.9 Å². The van der Waals surface area contributed by atoms with Crippen LogP contribution in [0.5, 0.6) is 5.75 Å². The van der Waals surface area contributed by atoms with E-state index in [1.807, 2.05) is 32.0 Å². The summed E-state index contributed by atoms with van der Waals surface area (Å²) in [5.41, 5.74) is 2.65. The van der Waals surface area contributed by atoms with Gasteiger partial charge in [-0.2, -0.15) is 0 Å². The number of halogens is 1. The Morgan fingerprint density at radius 1 is 1.29 bits per heavy atom. The summed E-state index contributed by atoms with van der Waals surface area (Å²) in [6.07, 6.45) is 0. The average Bonchev–Trinajstić information content (AvgIpc) is 2.87. The SMILES string of the molecule is COc1ccc(-c2c(C)sc3nc(C)n(CCF)c(=O)c23)cc1C. The van der Waals surface area contributed by atoms with E-state index in [-0.39, 0.29) is 12.1 Å². The van der Waals surface area contributed by atoms with Crippen LogP contribution in [0.4, 0.5) is 4.39 Å². The van der Waals surface area contributed by atoms with Crippen LogP contribution in [0.1, 0.15) is 16.3 Å². The first-order valence-corrected chi connectivity index (χ1v) is 8.51. The second-order valence-corrected chi connectivity index (χ2v) is 6.91. The molecule has 0 N–H and O–H groups in total. The molecule has 3 rings (SSSR count). The molecule has 0 radical (unpaired) electrons. The van der Waals surface area contributed by atoms with Crippen LogP contribution < -0.4 is 10.3 Å². The Bertz CT molecular complexity index is 975. The zero-order valence-corrected chi connectivity index (χ0v) is 15.0. The quantitative estimate of drug-likeness (QED) is 0.716. The molecule has 4 nitrogen and oxygen atoms in total. The average molecular weight is 346 g/mol. The zero-order chi connectivity index (χ0) is 17.4. The molecule has 0 aliphatic heterocycles. The smallest absolute Gasteiger partial charge is 0.262 e. The van der Waals surface area contributed by atoms with E-state index in [0.29, 0.717) is 16.0 Å². The zero-order valence-electron chi connectivity index (χ0n) is 14.1. The van der Waals surface area contributed by atoms with Crippen molar-refractivity contribution in [1.82, 2.24) is 9.55 Å². The lowest BCUT2D eigenvalue weighted by atomic mass is 10.0. The molecule has 6 heteroatoms. The maximum absolute atomic E-state index is 12.9. The lowest BCUT2D eigenvalue weighted by molar-refractivity contribution is 0.412. The third-order valence-electron chi connectivity index (χ3n) is 4.17. The Balaban J connectivity index is 2.32. The van der Waals surface area contributed by atoms with Crippen molar-refractivity contribution in [2.75, 3.05) is 13.8 Å². The summed E-state index contributed by atoms with van der Waals surface area (Å²) in [6.45, 7) is 5.13. The van der Waals surface area contributed by atoms with E-state index >= 15 is 0 Å². The Morgan fingerprint density at radius 2 is 2.04 bits per heavy atom. The molecule has 0 atom stereocenters. The molecule has 24 heavy (non-hydrogen) atoms. The van der Waals surface area contributed by atoms with E-state index in [0.717, 1.165) is 27.3 Å². The molecule has 3 aromatic rings. The van der Waals surface area contributed by atoms with Crippen LogP contribution in [0.2, 0.25) is 0 Å². The topological polar surface area (TPSA) is 44.1 Å². The predicted molar refractivity (Wildman–Crippen MR) is 96.1 cm³/mol. The number of rotatable bonds is 4. The van der Waals surface area contributed by atoms with Gasteiger partial charge in [-0.1, -0.05) is 6.07 Å². The minimum absolute atomic E-state index is 0.0313. The van der Waals surface area contributed by atoms with E-state index in [4.69, 9.17) is 4.74 Å². The highest BCUT2D eigenvalue weighted by molar-refractivity contribution is 7.19. The molecular weight excluding hydrogens is 327 g/mol. The van der Waals surface area contributed by atoms with Gasteiger partial charge in [0.05, 0.1) is 19.0 Å². The van der Waals surface area contributed by atoms with Crippen molar-refractivity contribution in [3.05, 3.63) is 44.8 Å². The normalized spacial score (nSPS) is 11.2. The number of hydrogen-bond acceptors (Lipinski definition) is 4. The van der Waals surface area contributed by atoms with Crippen molar-refractivity contribution < 1.29 is 9.13 Å². The standard InChI is InChI=1S/C18H19FN2O2S/c1-10-9-13(5-6-14(10)23-4)15-11(2)24-17-16(15)18(22)21(8-7-19)12(3)20-17/h5-6,9H,7-8H2,1-4H3. The van der Waals surface area contributed by atoms with Crippen molar-refractivity contribution in [3.63, 3.8) is 0 Å². The van der Waals surface area contributed by atoms with Crippen molar-refractivity contribution >= 4 is 21.6 Å². The van der Waals surface area contributed by atoms with Crippen LogP contribution in [0.3, 0.4) is 0 Å². The molecule has 0 fully saturated rings. The van der Waals surface area contributed by atoms with Gasteiger partial charge in [0.1, 0.15) is 23.1 Å². The second-order valence-electron chi connectivity index (χ2n) is 5.70. The molecule has 0 bridgehead atoms. The van der Waals surface area contributed by atoms with Gasteiger partial charge in [0.15, 0.2) is 0 Å². The van der Waals surface area contributed by atoms with E-state index in [1.54, 1.807) is 14.0 Å². The Kier molecular flexibility index (Phi) is 4.41. The molecule has 0 aliphatic carbocycles. The first kappa shape index (κ1) is 16.6. The third kappa shape index (κ3) is 2.60. The molecule has 126 valence electrons. The van der Waals surface area contributed by atoms with E-state index < -0.39 is 6.67 Å². The summed E-state index contributed by atoms with van der Waals surface area (Å²) in [4.78, 5) is 19.1. The van der Waals surface area contributed by atoms with Crippen molar-refractivity contribution in [1.29, 1.82) is 0 Å². The van der Waals surface area contributed by atoms with Gasteiger partial charge in [0.25, 0.3) is 5.56 Å². The van der Waals surface area contributed by atoms with Gasteiger partial charge in [-0.05, 0) is 44.0 Å². The first-order chi connectivity index (χ1) is 11.5. The van der Waals surface area contributed by atoms with Gasteiger partial charge in [0.2, 0.25) is 0 Å². The lowest BCUT2D eigenvalue weighted by Crippen LogP contribution is -2.24. The second kappa shape index (κ2) is 6.36. The largest absolute Gasteiger partial charge is 0.496 e. The minimum atomic E-state index is -0.589. The van der Waals surface area contributed by atoms with Crippen molar-refractivity contribution in [2.24, 2.45) is 0 Å². The minimum Gasteiger partial charge on any atom is -0.496 e. The molecule has 0 spiro atoms. The molecule has 0 unspecified atom stereocenters.